The van der Waals surface area contributed by atoms with E-state index < -0.39 is 0 Å². The van der Waals surface area contributed by atoms with Gasteiger partial charge in [0.25, 0.3) is 0 Å². The van der Waals surface area contributed by atoms with Gasteiger partial charge in [-0.25, -0.2) is 0 Å². The number of fused-ring (bicyclic) bond motifs is 1. The fraction of sp³-hybridized carbons (Fsp3) is 0.450. The first-order chi connectivity index (χ1) is 13.8. The maximum Gasteiger partial charge on any atom is 0.200 e. The summed E-state index contributed by atoms with van der Waals surface area (Å²) in [5.74, 6) is 1.43. The Hall–Kier alpha value is -2.71. The summed E-state index contributed by atoms with van der Waals surface area (Å²) < 4.78 is 12.2. The number of anilines is 1. The second-order valence-corrected chi connectivity index (χ2v) is 7.10. The summed E-state index contributed by atoms with van der Waals surface area (Å²) in [4.78, 5) is 2.46. The highest BCUT2D eigenvalue weighted by molar-refractivity contribution is 5.73. The van der Waals surface area contributed by atoms with Gasteiger partial charge in [-0.15, -0.1) is 10.2 Å². The van der Waals surface area contributed by atoms with Gasteiger partial charge < -0.3 is 19.7 Å². The molecule has 1 atom stereocenters. The van der Waals surface area contributed by atoms with Gasteiger partial charge in [0.1, 0.15) is 12.1 Å². The monoisotopic (exact) mass is 382 g/mol. The quantitative estimate of drug-likeness (QED) is 0.640. The van der Waals surface area contributed by atoms with Gasteiger partial charge >= 0.3 is 0 Å². The predicted molar refractivity (Wildman–Crippen MR) is 108 cm³/mol. The van der Waals surface area contributed by atoms with Crippen molar-refractivity contribution in [3.8, 4) is 17.0 Å². The van der Waals surface area contributed by atoms with Crippen molar-refractivity contribution in [3.63, 3.8) is 0 Å². The minimum absolute atomic E-state index is 0.609. The highest BCUT2D eigenvalue weighted by Crippen LogP contribution is 2.26. The van der Waals surface area contributed by atoms with E-state index >= 15 is 0 Å². The summed E-state index contributed by atoms with van der Waals surface area (Å²) in [5, 5.41) is 16.5. The molecule has 1 saturated heterocycles. The summed E-state index contributed by atoms with van der Waals surface area (Å²) >= 11 is 0. The Kier molecular flexibility index (Phi) is 5.68. The Morgan fingerprint density at radius 1 is 1.21 bits per heavy atom. The molecule has 28 heavy (non-hydrogen) atoms. The first-order valence-electron chi connectivity index (χ1n) is 9.57. The lowest BCUT2D eigenvalue weighted by Gasteiger charge is -2.16. The number of nitrogens with one attached hydrogen (secondary N) is 1. The van der Waals surface area contributed by atoms with Crippen molar-refractivity contribution >= 4 is 11.3 Å². The van der Waals surface area contributed by atoms with E-state index in [4.69, 9.17) is 9.47 Å². The average Bonchev–Trinajstić information content (AvgIpc) is 3.39. The maximum atomic E-state index is 5.25. The Morgan fingerprint density at radius 2 is 2.07 bits per heavy atom. The molecule has 0 radical (unpaired) electrons. The van der Waals surface area contributed by atoms with Gasteiger partial charge in [-0.1, -0.05) is 0 Å². The van der Waals surface area contributed by atoms with Crippen molar-refractivity contribution in [2.24, 2.45) is 5.92 Å². The second-order valence-electron chi connectivity index (χ2n) is 7.10. The molecule has 0 bridgehead atoms. The molecule has 1 aliphatic rings. The molecular formula is C20H26N6O2. The number of ether oxygens (including phenoxy) is 2. The summed E-state index contributed by atoms with van der Waals surface area (Å²) in [6.45, 7) is 4.91. The van der Waals surface area contributed by atoms with Gasteiger partial charge in [-0.05, 0) is 49.2 Å². The molecule has 1 N–H and O–H groups in total. The number of rotatable bonds is 8. The molecule has 1 unspecified atom stereocenters. The molecule has 0 aliphatic carbocycles. The van der Waals surface area contributed by atoms with Crippen LogP contribution >= 0.6 is 0 Å². The number of hydrogen-bond donors (Lipinski definition) is 1. The zero-order valence-electron chi connectivity index (χ0n) is 16.3. The topological polar surface area (TPSA) is 76.8 Å². The van der Waals surface area contributed by atoms with Gasteiger partial charge in [0.05, 0.1) is 25.1 Å². The molecule has 4 rings (SSSR count). The Balaban J connectivity index is 1.49. The molecule has 0 spiro atoms. The van der Waals surface area contributed by atoms with Gasteiger partial charge in [-0.3, -0.25) is 0 Å². The minimum Gasteiger partial charge on any atom is -0.497 e. The number of methoxy groups -OCH3 is 2. The van der Waals surface area contributed by atoms with E-state index in [-0.39, 0.29) is 0 Å². The van der Waals surface area contributed by atoms with Crippen molar-refractivity contribution in [1.82, 2.24) is 24.7 Å². The Morgan fingerprint density at radius 3 is 2.86 bits per heavy atom. The number of aromatic nitrogens is 4. The molecule has 0 amide bonds. The van der Waals surface area contributed by atoms with E-state index in [1.807, 2.05) is 30.3 Å². The summed E-state index contributed by atoms with van der Waals surface area (Å²) in [7, 11) is 3.42. The zero-order valence-corrected chi connectivity index (χ0v) is 16.3. The molecular weight excluding hydrogens is 356 g/mol. The van der Waals surface area contributed by atoms with Crippen molar-refractivity contribution in [2.45, 2.75) is 6.42 Å². The van der Waals surface area contributed by atoms with E-state index in [2.05, 4.69) is 25.5 Å². The van der Waals surface area contributed by atoms with Crippen LogP contribution in [0.1, 0.15) is 6.42 Å². The summed E-state index contributed by atoms with van der Waals surface area (Å²) in [6, 6.07) is 9.93. The molecule has 148 valence electrons. The van der Waals surface area contributed by atoms with E-state index in [9.17, 15) is 0 Å². The summed E-state index contributed by atoms with van der Waals surface area (Å²) in [6.07, 6.45) is 2.83. The molecule has 8 nitrogen and oxygen atoms in total. The van der Waals surface area contributed by atoms with E-state index in [1.54, 1.807) is 25.1 Å². The van der Waals surface area contributed by atoms with Gasteiger partial charge in [-0.2, -0.15) is 9.61 Å². The van der Waals surface area contributed by atoms with E-state index in [0.29, 0.717) is 5.92 Å². The molecule has 0 saturated carbocycles. The van der Waals surface area contributed by atoms with Crippen molar-refractivity contribution in [2.75, 3.05) is 52.3 Å². The fourth-order valence-electron chi connectivity index (χ4n) is 3.62. The third-order valence-electron chi connectivity index (χ3n) is 5.22. The van der Waals surface area contributed by atoms with Crippen LogP contribution in [-0.2, 0) is 4.74 Å². The average molecular weight is 382 g/mol. The van der Waals surface area contributed by atoms with Gasteiger partial charge in [0.15, 0.2) is 0 Å². The predicted octanol–water partition coefficient (Wildman–Crippen LogP) is 2.18. The third-order valence-corrected chi connectivity index (χ3v) is 5.22. The van der Waals surface area contributed by atoms with E-state index in [0.717, 1.165) is 61.1 Å². The normalized spacial score (nSPS) is 17.3. The first-order valence-corrected chi connectivity index (χ1v) is 9.57. The van der Waals surface area contributed by atoms with Crippen LogP contribution in [0.4, 0.5) is 5.69 Å². The lowest BCUT2D eigenvalue weighted by molar-refractivity contribution is 0.159. The second kappa shape index (κ2) is 8.53. The van der Waals surface area contributed by atoms with Crippen LogP contribution < -0.4 is 10.1 Å². The highest BCUT2D eigenvalue weighted by Gasteiger charge is 2.22. The number of benzene rings is 1. The third kappa shape index (κ3) is 4.07. The van der Waals surface area contributed by atoms with Gasteiger partial charge in [0, 0.05) is 32.3 Å². The molecule has 3 heterocycles. The largest absolute Gasteiger partial charge is 0.497 e. The highest BCUT2D eigenvalue weighted by atomic mass is 16.5. The number of likely N-dealkylation sites (tertiary alicyclic amines) is 1. The number of hydrogen-bond acceptors (Lipinski definition) is 7. The Labute approximate surface area is 164 Å². The molecule has 3 aromatic rings. The van der Waals surface area contributed by atoms with Crippen molar-refractivity contribution in [3.05, 3.63) is 36.7 Å². The smallest absolute Gasteiger partial charge is 0.200 e. The molecule has 2 aromatic heterocycles. The zero-order chi connectivity index (χ0) is 19.3. The molecule has 1 aliphatic heterocycles. The lowest BCUT2D eigenvalue weighted by atomic mass is 10.1. The van der Waals surface area contributed by atoms with Crippen LogP contribution in [0.5, 0.6) is 5.75 Å². The first kappa shape index (κ1) is 18.6. The fourth-order valence-corrected chi connectivity index (χ4v) is 3.62. The SMILES string of the molecule is COCCN1CCC(CNc2cc(-c3ccc(OC)cc3)nn3cnnc23)C1. The molecule has 1 fully saturated rings. The van der Waals surface area contributed by atoms with Crippen LogP contribution in [0.25, 0.3) is 16.9 Å². The van der Waals surface area contributed by atoms with Crippen molar-refractivity contribution < 1.29 is 9.47 Å². The molecule has 1 aromatic carbocycles. The van der Waals surface area contributed by atoms with Gasteiger partial charge in [0.2, 0.25) is 5.65 Å². The Bertz CT molecular complexity index is 911. The van der Waals surface area contributed by atoms with Crippen LogP contribution in [0.3, 0.4) is 0 Å². The van der Waals surface area contributed by atoms with Crippen LogP contribution in [0.15, 0.2) is 36.7 Å². The van der Waals surface area contributed by atoms with Crippen LogP contribution in [-0.4, -0.2) is 71.7 Å². The summed E-state index contributed by atoms with van der Waals surface area (Å²) in [5.41, 5.74) is 3.58. The minimum atomic E-state index is 0.609. The maximum absolute atomic E-state index is 5.25. The standard InChI is InChI=1S/C20H26N6O2/c1-27-10-9-25-8-7-15(13-25)12-21-19-11-18(24-26-14-22-23-20(19)26)16-3-5-17(28-2)6-4-16/h3-6,11,14-15,21H,7-10,12-13H2,1-2H3. The lowest BCUT2D eigenvalue weighted by Crippen LogP contribution is -2.26. The van der Waals surface area contributed by atoms with E-state index in [1.165, 1.54) is 6.42 Å². The van der Waals surface area contributed by atoms with Crippen molar-refractivity contribution in [1.29, 1.82) is 0 Å². The van der Waals surface area contributed by atoms with Crippen LogP contribution in [0.2, 0.25) is 0 Å². The molecule has 8 heteroatoms. The van der Waals surface area contributed by atoms with Crippen LogP contribution in [0, 0.1) is 5.92 Å². The number of nitrogens with zero attached hydrogens (tertiary/aromatic N) is 5.